The minimum atomic E-state index is -0.231. The van der Waals surface area contributed by atoms with Gasteiger partial charge in [0.15, 0.2) is 11.5 Å². The average Bonchev–Trinajstić information content (AvgIpc) is 2.45. The van der Waals surface area contributed by atoms with Gasteiger partial charge in [-0.2, -0.15) is 9.46 Å². The molecule has 1 aromatic heterocycles. The molecule has 0 bridgehead atoms. The standard InChI is InChI=1S/C14H12N2O4/c1-2-20-12-8-4-6-10-14(12)16(19)9-5-3-7-11(17)13(9)15(10)18/h3-8,17H,2H2,1H3. The summed E-state index contributed by atoms with van der Waals surface area (Å²) in [7, 11) is 0. The van der Waals surface area contributed by atoms with E-state index < -0.39 is 0 Å². The van der Waals surface area contributed by atoms with Crippen LogP contribution in [0.4, 0.5) is 0 Å². The third-order valence-electron chi connectivity index (χ3n) is 3.11. The maximum atomic E-state index is 12.5. The molecule has 0 spiro atoms. The van der Waals surface area contributed by atoms with E-state index in [-0.39, 0.29) is 27.8 Å². The van der Waals surface area contributed by atoms with Gasteiger partial charge in [0.25, 0.3) is 11.0 Å². The van der Waals surface area contributed by atoms with Crippen molar-refractivity contribution in [3.8, 4) is 11.5 Å². The molecule has 0 atom stereocenters. The van der Waals surface area contributed by atoms with Crippen molar-refractivity contribution in [1.29, 1.82) is 0 Å². The van der Waals surface area contributed by atoms with Gasteiger partial charge in [-0.15, -0.1) is 0 Å². The molecule has 20 heavy (non-hydrogen) atoms. The molecule has 0 saturated heterocycles. The zero-order valence-electron chi connectivity index (χ0n) is 10.7. The van der Waals surface area contributed by atoms with Gasteiger partial charge >= 0.3 is 11.0 Å². The largest absolute Gasteiger partial charge is 0.617 e. The third-order valence-corrected chi connectivity index (χ3v) is 3.11. The monoisotopic (exact) mass is 272 g/mol. The Hall–Kier alpha value is -2.76. The number of para-hydroxylation sites is 2. The second-order valence-corrected chi connectivity index (χ2v) is 4.29. The smallest absolute Gasteiger partial charge is 0.332 e. The molecule has 6 heteroatoms. The summed E-state index contributed by atoms with van der Waals surface area (Å²) in [6.07, 6.45) is 0. The van der Waals surface area contributed by atoms with Crippen molar-refractivity contribution < 1.29 is 19.3 Å². The van der Waals surface area contributed by atoms with Gasteiger partial charge < -0.3 is 20.3 Å². The highest BCUT2D eigenvalue weighted by Crippen LogP contribution is 2.25. The maximum absolute atomic E-state index is 12.5. The summed E-state index contributed by atoms with van der Waals surface area (Å²) in [4.78, 5) is 0. The number of benzene rings is 2. The Morgan fingerprint density at radius 1 is 1.00 bits per heavy atom. The van der Waals surface area contributed by atoms with Crippen LogP contribution in [-0.2, 0) is 0 Å². The van der Waals surface area contributed by atoms with Gasteiger partial charge in [-0.05, 0) is 19.1 Å². The quantitative estimate of drug-likeness (QED) is 0.434. The van der Waals surface area contributed by atoms with E-state index >= 15 is 0 Å². The van der Waals surface area contributed by atoms with E-state index in [2.05, 4.69) is 0 Å². The van der Waals surface area contributed by atoms with Crippen LogP contribution in [0.25, 0.3) is 22.1 Å². The zero-order chi connectivity index (χ0) is 14.3. The van der Waals surface area contributed by atoms with Crippen LogP contribution in [0.2, 0.25) is 0 Å². The Morgan fingerprint density at radius 2 is 1.60 bits per heavy atom. The van der Waals surface area contributed by atoms with Gasteiger partial charge in [0.05, 0.1) is 6.61 Å². The van der Waals surface area contributed by atoms with Gasteiger partial charge in [0.1, 0.15) is 0 Å². The van der Waals surface area contributed by atoms with Gasteiger partial charge in [-0.25, -0.2) is 0 Å². The molecule has 6 nitrogen and oxygen atoms in total. The van der Waals surface area contributed by atoms with Crippen molar-refractivity contribution in [3.05, 3.63) is 46.8 Å². The van der Waals surface area contributed by atoms with E-state index in [0.29, 0.717) is 21.8 Å². The second kappa shape index (κ2) is 4.41. The first-order chi connectivity index (χ1) is 9.65. The summed E-state index contributed by atoms with van der Waals surface area (Å²) in [6.45, 7) is 2.18. The highest BCUT2D eigenvalue weighted by molar-refractivity contribution is 5.83. The van der Waals surface area contributed by atoms with Crippen LogP contribution in [0.1, 0.15) is 6.92 Å². The molecule has 102 valence electrons. The van der Waals surface area contributed by atoms with Crippen LogP contribution in [-0.4, -0.2) is 11.7 Å². The Morgan fingerprint density at radius 3 is 2.30 bits per heavy atom. The van der Waals surface area contributed by atoms with Gasteiger partial charge in [0, 0.05) is 12.1 Å². The molecule has 0 saturated carbocycles. The van der Waals surface area contributed by atoms with E-state index in [1.54, 1.807) is 19.1 Å². The first-order valence-electron chi connectivity index (χ1n) is 6.17. The Kier molecular flexibility index (Phi) is 2.71. The predicted molar refractivity (Wildman–Crippen MR) is 72.2 cm³/mol. The fourth-order valence-corrected chi connectivity index (χ4v) is 2.28. The lowest BCUT2D eigenvalue weighted by atomic mass is 10.2. The van der Waals surface area contributed by atoms with Crippen molar-refractivity contribution in [2.45, 2.75) is 6.92 Å². The number of hydrogen-bond donors (Lipinski definition) is 1. The van der Waals surface area contributed by atoms with Crippen LogP contribution in [0.5, 0.6) is 11.5 Å². The number of fused-ring (bicyclic) bond motifs is 2. The number of aromatic nitrogens is 2. The lowest BCUT2D eigenvalue weighted by Gasteiger charge is -2.10. The molecule has 0 aliphatic heterocycles. The minimum Gasteiger partial charge on any atom is -0.617 e. The molecule has 1 N–H and O–H groups in total. The summed E-state index contributed by atoms with van der Waals surface area (Å²) >= 11 is 0. The number of phenols is 1. The SMILES string of the molecule is CCOc1cccc2c1[n+]([O-])c1cccc(O)c1[n+]2[O-]. The molecule has 2 aromatic carbocycles. The molecule has 0 aliphatic carbocycles. The summed E-state index contributed by atoms with van der Waals surface area (Å²) < 4.78 is 6.57. The Balaban J connectivity index is 2.55. The van der Waals surface area contributed by atoms with E-state index in [9.17, 15) is 15.5 Å². The molecular weight excluding hydrogens is 260 g/mol. The molecule has 3 aromatic rings. The predicted octanol–water partition coefficient (Wildman–Crippen LogP) is 1.36. The number of aromatic hydroxyl groups is 1. The number of hydrogen-bond acceptors (Lipinski definition) is 4. The first-order valence-corrected chi connectivity index (χ1v) is 6.17. The second-order valence-electron chi connectivity index (χ2n) is 4.29. The summed E-state index contributed by atoms with van der Waals surface area (Å²) in [6, 6.07) is 9.16. The Labute approximate surface area is 114 Å². The minimum absolute atomic E-state index is 0.0522. The number of ether oxygens (including phenoxy) is 1. The zero-order valence-corrected chi connectivity index (χ0v) is 10.7. The van der Waals surface area contributed by atoms with Crippen LogP contribution in [0.15, 0.2) is 36.4 Å². The summed E-state index contributed by atoms with van der Waals surface area (Å²) in [5.74, 6) is 0.112. The van der Waals surface area contributed by atoms with Crippen LogP contribution in [0.3, 0.4) is 0 Å². The molecule has 0 aliphatic rings. The van der Waals surface area contributed by atoms with Crippen molar-refractivity contribution in [2.24, 2.45) is 0 Å². The summed E-state index contributed by atoms with van der Waals surface area (Å²) in [5, 5.41) is 34.6. The van der Waals surface area contributed by atoms with Crippen LogP contribution < -0.4 is 14.2 Å². The normalized spacial score (nSPS) is 11.1. The fourth-order valence-electron chi connectivity index (χ4n) is 2.28. The van der Waals surface area contributed by atoms with Gasteiger partial charge in [0.2, 0.25) is 0 Å². The summed E-state index contributed by atoms with van der Waals surface area (Å²) in [5.41, 5.74) is 0.353. The fraction of sp³-hybridized carbons (Fsp3) is 0.143. The van der Waals surface area contributed by atoms with E-state index in [1.807, 2.05) is 0 Å². The highest BCUT2D eigenvalue weighted by atomic mass is 16.5. The molecule has 3 rings (SSSR count). The third kappa shape index (κ3) is 1.58. The van der Waals surface area contributed by atoms with Crippen molar-refractivity contribution in [1.82, 2.24) is 0 Å². The lowest BCUT2D eigenvalue weighted by Crippen LogP contribution is -2.39. The maximum Gasteiger partial charge on any atom is 0.332 e. The van der Waals surface area contributed by atoms with E-state index in [0.717, 1.165) is 0 Å². The van der Waals surface area contributed by atoms with Crippen molar-refractivity contribution in [2.75, 3.05) is 6.61 Å². The van der Waals surface area contributed by atoms with E-state index in [4.69, 9.17) is 4.74 Å². The molecule has 0 fully saturated rings. The van der Waals surface area contributed by atoms with Gasteiger partial charge in [-0.3, -0.25) is 0 Å². The molecule has 0 unspecified atom stereocenters. The van der Waals surface area contributed by atoms with Gasteiger partial charge in [-0.1, -0.05) is 12.1 Å². The number of nitrogens with zero attached hydrogens (tertiary/aromatic N) is 2. The highest BCUT2D eigenvalue weighted by Gasteiger charge is 2.26. The average molecular weight is 272 g/mol. The lowest BCUT2D eigenvalue weighted by molar-refractivity contribution is -0.591. The van der Waals surface area contributed by atoms with Crippen molar-refractivity contribution in [3.63, 3.8) is 0 Å². The first kappa shape index (κ1) is 12.3. The topological polar surface area (TPSA) is 83.3 Å². The molecule has 1 heterocycles. The number of rotatable bonds is 2. The van der Waals surface area contributed by atoms with Crippen LogP contribution in [0, 0.1) is 10.4 Å². The van der Waals surface area contributed by atoms with Crippen molar-refractivity contribution >= 4 is 22.1 Å². The molecule has 0 radical (unpaired) electrons. The Bertz CT molecular complexity index is 817. The molecule has 0 amide bonds. The molecular formula is C14H12N2O4. The number of phenolic OH excluding ortho intramolecular Hbond substituents is 1. The van der Waals surface area contributed by atoms with Crippen LogP contribution >= 0.6 is 0 Å². The van der Waals surface area contributed by atoms with E-state index in [1.165, 1.54) is 24.3 Å².